The highest BCUT2D eigenvalue weighted by Gasteiger charge is 2.24. The lowest BCUT2D eigenvalue weighted by atomic mass is 10.1. The van der Waals surface area contributed by atoms with Gasteiger partial charge < -0.3 is 15.2 Å². The second-order valence-corrected chi connectivity index (χ2v) is 5.36. The summed E-state index contributed by atoms with van der Waals surface area (Å²) in [5, 5.41) is 11.2. The molecule has 2 N–H and O–H groups in total. The lowest BCUT2D eigenvalue weighted by Gasteiger charge is -2.21. The monoisotopic (exact) mass is 273 g/mol. The quantitative estimate of drug-likeness (QED) is 0.741. The summed E-state index contributed by atoms with van der Waals surface area (Å²) < 4.78 is 4.97. The molecule has 6 nitrogen and oxygen atoms in total. The van der Waals surface area contributed by atoms with Gasteiger partial charge in [-0.05, 0) is 33.6 Å². The average molecular weight is 273 g/mol. The van der Waals surface area contributed by atoms with Gasteiger partial charge in [0.05, 0.1) is 0 Å². The molecule has 0 saturated heterocycles. The summed E-state index contributed by atoms with van der Waals surface area (Å²) in [7, 11) is 0. The molecule has 6 heteroatoms. The third-order valence-corrected chi connectivity index (χ3v) is 2.23. The summed E-state index contributed by atoms with van der Waals surface area (Å²) in [6.45, 7) is 6.94. The molecule has 0 fully saturated rings. The summed E-state index contributed by atoms with van der Waals surface area (Å²) in [6.07, 6.45) is 0.589. The fraction of sp³-hybridized carbons (Fsp3) is 0.769. The molecule has 0 aliphatic heterocycles. The van der Waals surface area contributed by atoms with E-state index in [0.29, 0.717) is 6.42 Å². The summed E-state index contributed by atoms with van der Waals surface area (Å²) in [5.41, 5.74) is -0.689. The molecule has 0 aromatic rings. The van der Waals surface area contributed by atoms with E-state index < -0.39 is 23.7 Å². The highest BCUT2D eigenvalue weighted by Crippen LogP contribution is 2.08. The van der Waals surface area contributed by atoms with E-state index in [9.17, 15) is 14.4 Å². The van der Waals surface area contributed by atoms with Gasteiger partial charge in [-0.2, -0.15) is 0 Å². The Morgan fingerprint density at radius 2 is 1.79 bits per heavy atom. The van der Waals surface area contributed by atoms with Crippen LogP contribution in [0.25, 0.3) is 0 Å². The van der Waals surface area contributed by atoms with Gasteiger partial charge in [-0.1, -0.05) is 6.92 Å². The molecule has 110 valence electrons. The van der Waals surface area contributed by atoms with Gasteiger partial charge in [-0.3, -0.25) is 4.79 Å². The molecule has 0 spiro atoms. The fourth-order valence-electron chi connectivity index (χ4n) is 1.42. The Morgan fingerprint density at radius 1 is 1.21 bits per heavy atom. The SMILES string of the molecule is CCCC(=O)CC[C@@H](NC(=O)OC(C)(C)C)C(=O)O. The Bertz CT molecular complexity index is 332. The molecule has 0 saturated carbocycles. The summed E-state index contributed by atoms with van der Waals surface area (Å²) in [4.78, 5) is 33.8. The number of alkyl carbamates (subject to hydrolysis) is 1. The van der Waals surface area contributed by atoms with Crippen molar-refractivity contribution in [3.8, 4) is 0 Å². The van der Waals surface area contributed by atoms with Crippen LogP contribution in [-0.2, 0) is 14.3 Å². The average Bonchev–Trinajstić information content (AvgIpc) is 2.21. The highest BCUT2D eigenvalue weighted by molar-refractivity contribution is 5.82. The highest BCUT2D eigenvalue weighted by atomic mass is 16.6. The fourth-order valence-corrected chi connectivity index (χ4v) is 1.42. The van der Waals surface area contributed by atoms with Crippen molar-refractivity contribution < 1.29 is 24.2 Å². The van der Waals surface area contributed by atoms with Crippen LogP contribution in [0.4, 0.5) is 4.79 Å². The van der Waals surface area contributed by atoms with Crippen LogP contribution in [0, 0.1) is 0 Å². The van der Waals surface area contributed by atoms with E-state index in [1.165, 1.54) is 0 Å². The minimum Gasteiger partial charge on any atom is -0.480 e. The van der Waals surface area contributed by atoms with Gasteiger partial charge in [-0.15, -0.1) is 0 Å². The van der Waals surface area contributed by atoms with Crippen LogP contribution in [0.15, 0.2) is 0 Å². The van der Waals surface area contributed by atoms with Crippen molar-refractivity contribution in [3.63, 3.8) is 0 Å². The van der Waals surface area contributed by atoms with Crippen molar-refractivity contribution >= 4 is 17.8 Å². The number of aliphatic carboxylic acids is 1. The molecule has 19 heavy (non-hydrogen) atoms. The number of rotatable bonds is 7. The number of carboxylic acids is 1. The Hall–Kier alpha value is -1.59. The molecule has 1 amide bonds. The zero-order valence-electron chi connectivity index (χ0n) is 12.0. The van der Waals surface area contributed by atoms with Crippen molar-refractivity contribution in [2.75, 3.05) is 0 Å². The third-order valence-electron chi connectivity index (χ3n) is 2.23. The van der Waals surface area contributed by atoms with Gasteiger partial charge in [0.25, 0.3) is 0 Å². The number of ketones is 1. The van der Waals surface area contributed by atoms with Crippen LogP contribution >= 0.6 is 0 Å². The largest absolute Gasteiger partial charge is 0.480 e. The number of carboxylic acid groups (broad SMARTS) is 1. The van der Waals surface area contributed by atoms with E-state index in [4.69, 9.17) is 9.84 Å². The number of carbonyl (C=O) groups is 3. The number of amides is 1. The summed E-state index contributed by atoms with van der Waals surface area (Å²) in [5.74, 6) is -1.17. The Morgan fingerprint density at radius 3 is 2.21 bits per heavy atom. The van der Waals surface area contributed by atoms with Crippen LogP contribution in [0.1, 0.15) is 53.4 Å². The first-order valence-corrected chi connectivity index (χ1v) is 6.39. The standard InChI is InChI=1S/C13H23NO5/c1-5-6-9(15)7-8-10(11(16)17)14-12(18)19-13(2,3)4/h10H,5-8H2,1-4H3,(H,14,18)(H,16,17)/t10-/m1/s1. The van der Waals surface area contributed by atoms with Gasteiger partial charge in [0.2, 0.25) is 0 Å². The molecule has 1 atom stereocenters. The van der Waals surface area contributed by atoms with Crippen molar-refractivity contribution in [2.45, 2.75) is 65.0 Å². The molecule has 0 aromatic carbocycles. The topological polar surface area (TPSA) is 92.7 Å². The number of nitrogens with one attached hydrogen (secondary N) is 1. The number of hydrogen-bond acceptors (Lipinski definition) is 4. The first-order chi connectivity index (χ1) is 8.65. The first-order valence-electron chi connectivity index (χ1n) is 6.39. The molecule has 0 rings (SSSR count). The predicted molar refractivity (Wildman–Crippen MR) is 69.9 cm³/mol. The third kappa shape index (κ3) is 9.04. The van der Waals surface area contributed by atoms with Crippen LogP contribution in [0.3, 0.4) is 0 Å². The van der Waals surface area contributed by atoms with Crippen molar-refractivity contribution in [3.05, 3.63) is 0 Å². The van der Waals surface area contributed by atoms with Gasteiger partial charge in [0.1, 0.15) is 17.4 Å². The Labute approximate surface area is 113 Å². The lowest BCUT2D eigenvalue weighted by molar-refractivity contribution is -0.139. The van der Waals surface area contributed by atoms with Gasteiger partial charge in [0, 0.05) is 12.8 Å². The Balaban J connectivity index is 4.31. The van der Waals surface area contributed by atoms with E-state index in [0.717, 1.165) is 6.42 Å². The number of Topliss-reactive ketones (excluding diaryl/α,β-unsaturated/α-hetero) is 1. The van der Waals surface area contributed by atoms with Crippen LogP contribution in [0.2, 0.25) is 0 Å². The van der Waals surface area contributed by atoms with Crippen LogP contribution in [-0.4, -0.2) is 34.6 Å². The minimum atomic E-state index is -1.17. The van der Waals surface area contributed by atoms with E-state index in [2.05, 4.69) is 5.32 Å². The molecule has 0 bridgehead atoms. The van der Waals surface area contributed by atoms with E-state index >= 15 is 0 Å². The molecule has 0 unspecified atom stereocenters. The molecular formula is C13H23NO5. The number of hydrogen-bond donors (Lipinski definition) is 2. The van der Waals surface area contributed by atoms with Crippen molar-refractivity contribution in [1.29, 1.82) is 0 Å². The summed E-state index contributed by atoms with van der Waals surface area (Å²) >= 11 is 0. The summed E-state index contributed by atoms with van der Waals surface area (Å²) in [6, 6.07) is -1.10. The maximum Gasteiger partial charge on any atom is 0.408 e. The maximum absolute atomic E-state index is 11.5. The van der Waals surface area contributed by atoms with Crippen molar-refractivity contribution in [2.24, 2.45) is 0 Å². The molecule has 0 radical (unpaired) electrons. The number of ether oxygens (including phenoxy) is 1. The number of carbonyl (C=O) groups excluding carboxylic acids is 2. The van der Waals surface area contributed by atoms with Crippen LogP contribution < -0.4 is 5.32 Å². The first kappa shape index (κ1) is 17.4. The van der Waals surface area contributed by atoms with E-state index in [-0.39, 0.29) is 18.6 Å². The molecule has 0 aromatic heterocycles. The van der Waals surface area contributed by atoms with Gasteiger partial charge >= 0.3 is 12.1 Å². The minimum absolute atomic E-state index is 0.000242. The molecule has 0 heterocycles. The zero-order chi connectivity index (χ0) is 15.1. The van der Waals surface area contributed by atoms with Gasteiger partial charge in [-0.25, -0.2) is 9.59 Å². The lowest BCUT2D eigenvalue weighted by Crippen LogP contribution is -2.43. The predicted octanol–water partition coefficient (Wildman–Crippen LogP) is 2.11. The van der Waals surface area contributed by atoms with Crippen LogP contribution in [0.5, 0.6) is 0 Å². The van der Waals surface area contributed by atoms with E-state index in [1.54, 1.807) is 20.8 Å². The maximum atomic E-state index is 11.5. The van der Waals surface area contributed by atoms with Gasteiger partial charge in [0.15, 0.2) is 0 Å². The normalized spacial score (nSPS) is 12.6. The second kappa shape index (κ2) is 7.76. The smallest absolute Gasteiger partial charge is 0.408 e. The molecular weight excluding hydrogens is 250 g/mol. The van der Waals surface area contributed by atoms with E-state index in [1.807, 2.05) is 6.92 Å². The second-order valence-electron chi connectivity index (χ2n) is 5.36. The molecule has 0 aliphatic carbocycles. The molecule has 0 aliphatic rings. The van der Waals surface area contributed by atoms with Crippen molar-refractivity contribution in [1.82, 2.24) is 5.32 Å². The zero-order valence-corrected chi connectivity index (χ0v) is 12.0. The Kier molecular flexibility index (Phi) is 7.11.